The molecule has 0 aromatic heterocycles. The maximum absolute atomic E-state index is 8.61. The van der Waals surface area contributed by atoms with E-state index in [1.54, 1.807) is 12.2 Å². The van der Waals surface area contributed by atoms with E-state index in [1.807, 2.05) is 42.5 Å². The van der Waals surface area contributed by atoms with Crippen LogP contribution in [0.4, 0.5) is 0 Å². The highest BCUT2D eigenvalue weighted by Gasteiger charge is 1.87. The highest BCUT2D eigenvalue weighted by Crippen LogP contribution is 2.04. The van der Waals surface area contributed by atoms with Crippen LogP contribution in [0.15, 0.2) is 48.1 Å². The van der Waals surface area contributed by atoms with Crippen molar-refractivity contribution in [3.8, 4) is 12.1 Å². The average molecular weight is 180 g/mol. The van der Waals surface area contributed by atoms with Crippen LogP contribution in [0.25, 0.3) is 6.08 Å². The van der Waals surface area contributed by atoms with Crippen LogP contribution < -0.4 is 0 Å². The van der Waals surface area contributed by atoms with E-state index < -0.39 is 0 Å². The van der Waals surface area contributed by atoms with Crippen molar-refractivity contribution in [2.45, 2.75) is 0 Å². The molecule has 0 amide bonds. The lowest BCUT2D eigenvalue weighted by atomic mass is 10.1. The smallest absolute Gasteiger partial charge is 0.0999 e. The zero-order valence-corrected chi connectivity index (χ0v) is 7.51. The summed E-state index contributed by atoms with van der Waals surface area (Å²) in [5.41, 5.74) is 1.36. The molecule has 14 heavy (non-hydrogen) atoms. The molecule has 1 rings (SSSR count). The maximum atomic E-state index is 8.61. The third-order valence-corrected chi connectivity index (χ3v) is 1.60. The van der Waals surface area contributed by atoms with Crippen LogP contribution in [-0.2, 0) is 0 Å². The lowest BCUT2D eigenvalue weighted by Gasteiger charge is -1.89. The molecule has 0 saturated heterocycles. The largest absolute Gasteiger partial charge is 0.193 e. The molecule has 0 fully saturated rings. The number of allylic oxidation sites excluding steroid dienone is 3. The minimum absolute atomic E-state index is 0.358. The van der Waals surface area contributed by atoms with Crippen LogP contribution >= 0.6 is 0 Å². The van der Waals surface area contributed by atoms with E-state index in [4.69, 9.17) is 10.5 Å². The first-order valence-corrected chi connectivity index (χ1v) is 4.10. The molecule has 0 heterocycles. The Bertz CT molecular complexity index is 428. The predicted octanol–water partition coefficient (Wildman–Crippen LogP) is 2.67. The predicted molar refractivity (Wildman–Crippen MR) is 54.8 cm³/mol. The number of nitriles is 2. The highest BCUT2D eigenvalue weighted by molar-refractivity contribution is 5.55. The van der Waals surface area contributed by atoms with Crippen molar-refractivity contribution in [2.75, 3.05) is 0 Å². The first-order chi connectivity index (χ1) is 6.86. The summed E-state index contributed by atoms with van der Waals surface area (Å²) in [5.74, 6) is 0. The molecule has 0 N–H and O–H groups in total. The molecule has 0 atom stereocenters. The normalized spacial score (nSPS) is 10.9. The van der Waals surface area contributed by atoms with Crippen LogP contribution in [0.2, 0.25) is 0 Å². The first-order valence-electron chi connectivity index (χ1n) is 4.10. The highest BCUT2D eigenvalue weighted by atomic mass is 14.2. The van der Waals surface area contributed by atoms with E-state index in [-0.39, 0.29) is 0 Å². The summed E-state index contributed by atoms with van der Waals surface area (Å²) in [6, 6.07) is 13.4. The topological polar surface area (TPSA) is 47.6 Å². The third-order valence-electron chi connectivity index (χ3n) is 1.60. The van der Waals surface area contributed by atoms with Gasteiger partial charge in [0.25, 0.3) is 0 Å². The van der Waals surface area contributed by atoms with E-state index in [2.05, 4.69) is 0 Å². The van der Waals surface area contributed by atoms with Gasteiger partial charge in [-0.3, -0.25) is 0 Å². The van der Waals surface area contributed by atoms with Crippen LogP contribution in [0.3, 0.4) is 0 Å². The van der Waals surface area contributed by atoms with Gasteiger partial charge < -0.3 is 0 Å². The van der Waals surface area contributed by atoms with Gasteiger partial charge in [0.2, 0.25) is 0 Å². The molecule has 0 radical (unpaired) electrons. The van der Waals surface area contributed by atoms with Crippen molar-refractivity contribution in [3.63, 3.8) is 0 Å². The number of hydrogen-bond acceptors (Lipinski definition) is 2. The third kappa shape index (κ3) is 2.97. The second-order valence-corrected chi connectivity index (χ2v) is 2.58. The average Bonchev–Trinajstić information content (AvgIpc) is 2.25. The molecule has 66 valence electrons. The van der Waals surface area contributed by atoms with Gasteiger partial charge in [0, 0.05) is 6.08 Å². The number of hydrogen-bond donors (Lipinski definition) is 0. The van der Waals surface area contributed by atoms with Gasteiger partial charge in [0.15, 0.2) is 0 Å². The molecule has 2 heteroatoms. The first kappa shape index (κ1) is 9.77. The molecular formula is C12H8N2. The van der Waals surface area contributed by atoms with Crippen LogP contribution in [0.5, 0.6) is 0 Å². The van der Waals surface area contributed by atoms with Gasteiger partial charge in [0.1, 0.15) is 0 Å². The molecule has 0 saturated carbocycles. The van der Waals surface area contributed by atoms with E-state index in [1.165, 1.54) is 6.08 Å². The molecule has 2 nitrogen and oxygen atoms in total. The van der Waals surface area contributed by atoms with E-state index in [9.17, 15) is 0 Å². The van der Waals surface area contributed by atoms with Crippen LogP contribution in [0, 0.1) is 22.7 Å². The Labute approximate surface area is 83.0 Å². The Morgan fingerprint density at radius 1 is 1.14 bits per heavy atom. The van der Waals surface area contributed by atoms with Gasteiger partial charge >= 0.3 is 0 Å². The lowest BCUT2D eigenvalue weighted by molar-refractivity contribution is 1.48. The Kier molecular flexibility index (Phi) is 3.73. The van der Waals surface area contributed by atoms with Crippen molar-refractivity contribution in [2.24, 2.45) is 0 Å². The summed E-state index contributed by atoms with van der Waals surface area (Å²) in [7, 11) is 0. The zero-order valence-electron chi connectivity index (χ0n) is 7.51. The second kappa shape index (κ2) is 5.35. The Morgan fingerprint density at radius 2 is 1.86 bits per heavy atom. The molecule has 1 aromatic rings. The monoisotopic (exact) mass is 180 g/mol. The minimum atomic E-state index is 0.358. The molecule has 0 bridgehead atoms. The molecule has 0 spiro atoms. The lowest BCUT2D eigenvalue weighted by Crippen LogP contribution is -1.72. The molecule has 0 aliphatic carbocycles. The van der Waals surface area contributed by atoms with Crippen molar-refractivity contribution in [1.29, 1.82) is 10.5 Å². The summed E-state index contributed by atoms with van der Waals surface area (Å²) < 4.78 is 0. The van der Waals surface area contributed by atoms with Gasteiger partial charge in [-0.15, -0.1) is 0 Å². The van der Waals surface area contributed by atoms with Gasteiger partial charge in [-0.1, -0.05) is 36.4 Å². The summed E-state index contributed by atoms with van der Waals surface area (Å²) >= 11 is 0. The fourth-order valence-electron chi connectivity index (χ4n) is 0.937. The molecule has 1 aromatic carbocycles. The van der Waals surface area contributed by atoms with Gasteiger partial charge in [-0.25, -0.2) is 0 Å². The van der Waals surface area contributed by atoms with Gasteiger partial charge in [-0.05, 0) is 11.6 Å². The summed E-state index contributed by atoms with van der Waals surface area (Å²) in [5, 5.41) is 17.0. The number of nitrogens with zero attached hydrogens (tertiary/aromatic N) is 2. The van der Waals surface area contributed by atoms with Crippen molar-refractivity contribution in [1.82, 2.24) is 0 Å². The molecule has 0 aliphatic heterocycles. The zero-order chi connectivity index (χ0) is 10.2. The summed E-state index contributed by atoms with van der Waals surface area (Å²) in [6.45, 7) is 0. The van der Waals surface area contributed by atoms with E-state index in [0.29, 0.717) is 5.57 Å². The van der Waals surface area contributed by atoms with Crippen LogP contribution in [0.1, 0.15) is 5.56 Å². The van der Waals surface area contributed by atoms with Gasteiger partial charge in [0.05, 0.1) is 17.7 Å². The number of benzene rings is 1. The van der Waals surface area contributed by atoms with Gasteiger partial charge in [-0.2, -0.15) is 10.5 Å². The van der Waals surface area contributed by atoms with Crippen molar-refractivity contribution in [3.05, 3.63) is 53.6 Å². The van der Waals surface area contributed by atoms with Crippen molar-refractivity contribution < 1.29 is 0 Å². The fourth-order valence-corrected chi connectivity index (χ4v) is 0.937. The molecular weight excluding hydrogens is 172 g/mol. The fraction of sp³-hybridized carbons (Fsp3) is 0. The second-order valence-electron chi connectivity index (χ2n) is 2.58. The molecule has 0 unspecified atom stereocenters. The Balaban J connectivity index is 2.80. The Morgan fingerprint density at radius 3 is 2.43 bits per heavy atom. The summed E-state index contributed by atoms with van der Waals surface area (Å²) in [6.07, 6.45) is 4.64. The minimum Gasteiger partial charge on any atom is -0.193 e. The maximum Gasteiger partial charge on any atom is 0.0999 e. The standard InChI is InChI=1S/C12H8N2/c13-9-8-12(10-14)7-6-11-4-2-1-3-5-11/h1-8H/b7-6+,12-8-. The SMILES string of the molecule is N#C/C=C(C#N)/C=C/c1ccccc1. The van der Waals surface area contributed by atoms with Crippen LogP contribution in [-0.4, -0.2) is 0 Å². The molecule has 0 aliphatic rings. The number of rotatable bonds is 2. The van der Waals surface area contributed by atoms with Crippen molar-refractivity contribution >= 4 is 6.08 Å². The van der Waals surface area contributed by atoms with E-state index >= 15 is 0 Å². The Hall–Kier alpha value is -2.32. The van der Waals surface area contributed by atoms with E-state index in [0.717, 1.165) is 5.56 Å². The summed E-state index contributed by atoms with van der Waals surface area (Å²) in [4.78, 5) is 0. The quantitative estimate of drug-likeness (QED) is 0.519.